The molecular weight excluding hydrogens is 345 g/mol. The van der Waals surface area contributed by atoms with Crippen LogP contribution in [-0.2, 0) is 13.0 Å². The highest BCUT2D eigenvalue weighted by molar-refractivity contribution is 7.14. The number of aryl methyl sites for hydroxylation is 2. The minimum atomic E-state index is -0.185. The van der Waals surface area contributed by atoms with Crippen LogP contribution >= 0.6 is 11.3 Å². The van der Waals surface area contributed by atoms with E-state index < -0.39 is 0 Å². The molecular formula is C21H26FN3S. The Morgan fingerprint density at radius 2 is 1.92 bits per heavy atom. The molecule has 26 heavy (non-hydrogen) atoms. The van der Waals surface area contributed by atoms with Crippen LogP contribution in [-0.4, -0.2) is 16.1 Å². The molecule has 0 saturated carbocycles. The normalized spacial score (nSPS) is 11.3. The first-order valence-corrected chi connectivity index (χ1v) is 9.93. The number of hydrogen-bond donors (Lipinski definition) is 1. The van der Waals surface area contributed by atoms with Gasteiger partial charge in [-0.05, 0) is 49.9 Å². The minimum Gasteiger partial charge on any atom is -0.361 e. The molecule has 0 spiro atoms. The Morgan fingerprint density at radius 1 is 1.19 bits per heavy atom. The Hall–Kier alpha value is -2.14. The molecule has 3 aromatic rings. The van der Waals surface area contributed by atoms with Crippen molar-refractivity contribution in [3.63, 3.8) is 0 Å². The van der Waals surface area contributed by atoms with E-state index in [0.29, 0.717) is 5.92 Å². The summed E-state index contributed by atoms with van der Waals surface area (Å²) >= 11 is 1.65. The molecule has 1 N–H and O–H groups in total. The molecule has 0 atom stereocenters. The second-order valence-electron chi connectivity index (χ2n) is 7.13. The van der Waals surface area contributed by atoms with Crippen LogP contribution in [0.25, 0.3) is 11.3 Å². The summed E-state index contributed by atoms with van der Waals surface area (Å²) in [5, 5.41) is 6.49. The topological polar surface area (TPSA) is 29.9 Å². The summed E-state index contributed by atoms with van der Waals surface area (Å²) in [4.78, 5) is 4.75. The van der Waals surface area contributed by atoms with Crippen LogP contribution in [0.5, 0.6) is 0 Å². The Labute approximate surface area is 158 Å². The van der Waals surface area contributed by atoms with Gasteiger partial charge in [-0.15, -0.1) is 11.3 Å². The zero-order valence-electron chi connectivity index (χ0n) is 15.8. The van der Waals surface area contributed by atoms with Crippen molar-refractivity contribution >= 4 is 16.5 Å². The third-order valence-electron chi connectivity index (χ3n) is 4.55. The molecule has 0 aliphatic carbocycles. The lowest BCUT2D eigenvalue weighted by molar-refractivity contribution is 0.624. The summed E-state index contributed by atoms with van der Waals surface area (Å²) in [6, 6.07) is 8.98. The fraction of sp³-hybridized carbons (Fsp3) is 0.381. The van der Waals surface area contributed by atoms with Crippen molar-refractivity contribution in [3.05, 3.63) is 58.5 Å². The number of benzene rings is 1. The van der Waals surface area contributed by atoms with Gasteiger partial charge in [0.05, 0.1) is 5.69 Å². The zero-order chi connectivity index (χ0) is 18.7. The number of anilines is 1. The molecule has 0 aliphatic rings. The molecule has 5 heteroatoms. The van der Waals surface area contributed by atoms with Crippen LogP contribution in [0.2, 0.25) is 0 Å². The largest absolute Gasteiger partial charge is 0.361 e. The quantitative estimate of drug-likeness (QED) is 0.579. The predicted molar refractivity (Wildman–Crippen MR) is 108 cm³/mol. The van der Waals surface area contributed by atoms with Gasteiger partial charge in [-0.25, -0.2) is 9.37 Å². The monoisotopic (exact) mass is 371 g/mol. The van der Waals surface area contributed by atoms with Crippen molar-refractivity contribution in [3.8, 4) is 11.3 Å². The zero-order valence-corrected chi connectivity index (χ0v) is 16.7. The van der Waals surface area contributed by atoms with Gasteiger partial charge >= 0.3 is 0 Å². The standard InChI is InChI=1S/C21H26FN3S/c1-14(2)12-23-21-24-20(13-26-21)19-11-15(3)25(16(19)4)10-9-17-5-7-18(22)8-6-17/h5-8,11,13-14H,9-10,12H2,1-4H3,(H,23,24). The molecule has 1 aromatic carbocycles. The van der Waals surface area contributed by atoms with Crippen molar-refractivity contribution < 1.29 is 4.39 Å². The highest BCUT2D eigenvalue weighted by Gasteiger charge is 2.14. The van der Waals surface area contributed by atoms with Crippen molar-refractivity contribution in [2.45, 2.75) is 40.7 Å². The average molecular weight is 372 g/mol. The first kappa shape index (κ1) is 18.6. The number of halogens is 1. The number of nitrogens with one attached hydrogen (secondary N) is 1. The van der Waals surface area contributed by atoms with Crippen molar-refractivity contribution in [2.24, 2.45) is 5.92 Å². The summed E-state index contributed by atoms with van der Waals surface area (Å²) in [5.74, 6) is 0.411. The Kier molecular flexibility index (Phi) is 5.77. The van der Waals surface area contributed by atoms with Gasteiger partial charge in [-0.1, -0.05) is 26.0 Å². The number of hydrogen-bond acceptors (Lipinski definition) is 3. The van der Waals surface area contributed by atoms with Gasteiger partial charge in [-0.3, -0.25) is 0 Å². The van der Waals surface area contributed by atoms with Crippen molar-refractivity contribution in [1.29, 1.82) is 0 Å². The smallest absolute Gasteiger partial charge is 0.183 e. The SMILES string of the molecule is Cc1cc(-c2csc(NCC(C)C)n2)c(C)n1CCc1ccc(F)cc1. The third-order valence-corrected chi connectivity index (χ3v) is 5.35. The number of thiazole rings is 1. The average Bonchev–Trinajstić information content (AvgIpc) is 3.18. The van der Waals surface area contributed by atoms with E-state index in [0.717, 1.165) is 35.9 Å². The highest BCUT2D eigenvalue weighted by atomic mass is 32.1. The van der Waals surface area contributed by atoms with E-state index >= 15 is 0 Å². The van der Waals surface area contributed by atoms with E-state index in [-0.39, 0.29) is 5.82 Å². The lowest BCUT2D eigenvalue weighted by Gasteiger charge is -2.10. The Balaban J connectivity index is 1.74. The first-order chi connectivity index (χ1) is 12.4. The summed E-state index contributed by atoms with van der Waals surface area (Å²) in [7, 11) is 0. The van der Waals surface area contributed by atoms with E-state index in [4.69, 9.17) is 4.98 Å². The molecule has 0 aliphatic heterocycles. The molecule has 0 saturated heterocycles. The summed E-state index contributed by atoms with van der Waals surface area (Å²) in [5.41, 5.74) is 5.82. The number of rotatable bonds is 7. The fourth-order valence-electron chi connectivity index (χ4n) is 3.07. The van der Waals surface area contributed by atoms with Crippen LogP contribution in [0.4, 0.5) is 9.52 Å². The van der Waals surface area contributed by atoms with E-state index in [1.165, 1.54) is 29.1 Å². The maximum Gasteiger partial charge on any atom is 0.183 e. The molecule has 3 rings (SSSR count). The predicted octanol–water partition coefficient (Wildman–Crippen LogP) is 5.68. The Bertz CT molecular complexity index is 862. The highest BCUT2D eigenvalue weighted by Crippen LogP contribution is 2.30. The fourth-order valence-corrected chi connectivity index (χ4v) is 3.79. The van der Waals surface area contributed by atoms with Gasteiger partial charge < -0.3 is 9.88 Å². The van der Waals surface area contributed by atoms with E-state index in [9.17, 15) is 4.39 Å². The van der Waals surface area contributed by atoms with E-state index in [1.807, 2.05) is 12.1 Å². The lowest BCUT2D eigenvalue weighted by Crippen LogP contribution is -2.07. The lowest BCUT2D eigenvalue weighted by atomic mass is 10.1. The van der Waals surface area contributed by atoms with Crippen LogP contribution < -0.4 is 5.32 Å². The molecule has 0 fully saturated rings. The van der Waals surface area contributed by atoms with Crippen LogP contribution in [0.1, 0.15) is 30.8 Å². The maximum absolute atomic E-state index is 13.1. The summed E-state index contributed by atoms with van der Waals surface area (Å²) < 4.78 is 15.4. The molecule has 2 heterocycles. The van der Waals surface area contributed by atoms with Crippen molar-refractivity contribution in [2.75, 3.05) is 11.9 Å². The van der Waals surface area contributed by atoms with Gasteiger partial charge in [0.1, 0.15) is 5.82 Å². The molecule has 0 bridgehead atoms. The van der Waals surface area contributed by atoms with Crippen LogP contribution in [0, 0.1) is 25.6 Å². The minimum absolute atomic E-state index is 0.185. The number of nitrogens with zero attached hydrogens (tertiary/aromatic N) is 2. The van der Waals surface area contributed by atoms with Gasteiger partial charge in [0.15, 0.2) is 5.13 Å². The number of aromatic nitrogens is 2. The van der Waals surface area contributed by atoms with E-state index in [2.05, 4.69) is 49.0 Å². The van der Waals surface area contributed by atoms with Gasteiger partial charge in [0.25, 0.3) is 0 Å². The molecule has 2 aromatic heterocycles. The summed E-state index contributed by atoms with van der Waals surface area (Å²) in [6.45, 7) is 10.5. The summed E-state index contributed by atoms with van der Waals surface area (Å²) in [6.07, 6.45) is 0.883. The second kappa shape index (κ2) is 8.04. The molecule has 3 nitrogen and oxygen atoms in total. The van der Waals surface area contributed by atoms with Gasteiger partial charge in [0, 0.05) is 35.4 Å². The van der Waals surface area contributed by atoms with Crippen LogP contribution in [0.3, 0.4) is 0 Å². The molecule has 0 unspecified atom stereocenters. The molecule has 0 amide bonds. The second-order valence-corrected chi connectivity index (χ2v) is 7.98. The molecule has 0 radical (unpaired) electrons. The van der Waals surface area contributed by atoms with Gasteiger partial charge in [-0.2, -0.15) is 0 Å². The third kappa shape index (κ3) is 4.33. The maximum atomic E-state index is 13.1. The first-order valence-electron chi connectivity index (χ1n) is 9.05. The Morgan fingerprint density at radius 3 is 2.62 bits per heavy atom. The van der Waals surface area contributed by atoms with Crippen molar-refractivity contribution in [1.82, 2.24) is 9.55 Å². The molecule has 138 valence electrons. The van der Waals surface area contributed by atoms with Gasteiger partial charge in [0.2, 0.25) is 0 Å². The van der Waals surface area contributed by atoms with E-state index in [1.54, 1.807) is 11.3 Å². The van der Waals surface area contributed by atoms with Crippen LogP contribution in [0.15, 0.2) is 35.7 Å².